The van der Waals surface area contributed by atoms with E-state index in [1.54, 1.807) is 6.92 Å². The molecule has 0 saturated carbocycles. The SMILES string of the molecule is COC(=O)CN(C)S(=O)(=O)CC(C)CCl. The maximum atomic E-state index is 11.6. The summed E-state index contributed by atoms with van der Waals surface area (Å²) >= 11 is 5.52. The van der Waals surface area contributed by atoms with Crippen LogP contribution in [0.4, 0.5) is 0 Å². The topological polar surface area (TPSA) is 63.7 Å². The standard InChI is InChI=1S/C8H16ClNO4S/c1-7(4-9)6-15(12,13)10(2)5-8(11)14-3/h7H,4-6H2,1-3H3. The average molecular weight is 258 g/mol. The van der Waals surface area contributed by atoms with Crippen molar-refractivity contribution < 1.29 is 17.9 Å². The van der Waals surface area contributed by atoms with Gasteiger partial charge < -0.3 is 4.74 Å². The predicted molar refractivity (Wildman–Crippen MR) is 58.3 cm³/mol. The number of nitrogens with zero attached hydrogens (tertiary/aromatic N) is 1. The van der Waals surface area contributed by atoms with Gasteiger partial charge in [0.05, 0.1) is 12.9 Å². The second kappa shape index (κ2) is 6.30. The molecule has 0 aliphatic rings. The van der Waals surface area contributed by atoms with Gasteiger partial charge in [0.2, 0.25) is 10.0 Å². The summed E-state index contributed by atoms with van der Waals surface area (Å²) < 4.78 is 28.6. The minimum absolute atomic E-state index is 0.0655. The molecule has 0 radical (unpaired) electrons. The minimum Gasteiger partial charge on any atom is -0.468 e. The molecule has 0 N–H and O–H groups in total. The fraction of sp³-hybridized carbons (Fsp3) is 0.875. The second-order valence-electron chi connectivity index (χ2n) is 3.37. The number of halogens is 1. The number of methoxy groups -OCH3 is 1. The van der Waals surface area contributed by atoms with E-state index in [-0.39, 0.29) is 24.1 Å². The van der Waals surface area contributed by atoms with E-state index in [1.165, 1.54) is 14.2 Å². The van der Waals surface area contributed by atoms with Gasteiger partial charge in [-0.3, -0.25) is 4.79 Å². The van der Waals surface area contributed by atoms with E-state index in [2.05, 4.69) is 4.74 Å². The van der Waals surface area contributed by atoms with E-state index >= 15 is 0 Å². The van der Waals surface area contributed by atoms with Gasteiger partial charge in [-0.25, -0.2) is 8.42 Å². The fourth-order valence-electron chi connectivity index (χ4n) is 0.876. The van der Waals surface area contributed by atoms with Crippen molar-refractivity contribution in [2.75, 3.05) is 32.3 Å². The van der Waals surface area contributed by atoms with Crippen LogP contribution in [0.25, 0.3) is 0 Å². The highest BCUT2D eigenvalue weighted by Gasteiger charge is 2.22. The monoisotopic (exact) mass is 257 g/mol. The summed E-state index contributed by atoms with van der Waals surface area (Å²) in [5.74, 6) is -0.522. The number of alkyl halides is 1. The molecule has 5 nitrogen and oxygen atoms in total. The van der Waals surface area contributed by atoms with Crippen molar-refractivity contribution in [3.63, 3.8) is 0 Å². The normalized spacial score (nSPS) is 13.9. The molecule has 15 heavy (non-hydrogen) atoms. The summed E-state index contributed by atoms with van der Waals surface area (Å²) in [5.41, 5.74) is 0. The van der Waals surface area contributed by atoms with Crippen molar-refractivity contribution in [1.29, 1.82) is 0 Å². The molecule has 0 amide bonds. The Balaban J connectivity index is 4.39. The van der Waals surface area contributed by atoms with E-state index in [4.69, 9.17) is 11.6 Å². The largest absolute Gasteiger partial charge is 0.468 e. The molecule has 7 heteroatoms. The van der Waals surface area contributed by atoms with Crippen LogP contribution in [0, 0.1) is 5.92 Å². The molecule has 90 valence electrons. The van der Waals surface area contributed by atoms with Crippen molar-refractivity contribution in [3.8, 4) is 0 Å². The van der Waals surface area contributed by atoms with Gasteiger partial charge >= 0.3 is 5.97 Å². The predicted octanol–water partition coefficient (Wildman–Crippen LogP) is 0.296. The molecule has 0 fully saturated rings. The first-order valence-corrected chi connectivity index (χ1v) is 6.54. The lowest BCUT2D eigenvalue weighted by molar-refractivity contribution is -0.140. The summed E-state index contributed by atoms with van der Waals surface area (Å²) in [6.45, 7) is 1.46. The Labute approximate surface area is 95.4 Å². The highest BCUT2D eigenvalue weighted by molar-refractivity contribution is 7.89. The van der Waals surface area contributed by atoms with Crippen molar-refractivity contribution >= 4 is 27.6 Å². The lowest BCUT2D eigenvalue weighted by Gasteiger charge is -2.17. The van der Waals surface area contributed by atoms with Gasteiger partial charge in [0.25, 0.3) is 0 Å². The molecule has 0 spiro atoms. The van der Waals surface area contributed by atoms with Crippen LogP contribution in [0.1, 0.15) is 6.92 Å². The number of likely N-dealkylation sites (N-methyl/N-ethyl adjacent to an activating group) is 1. The van der Waals surface area contributed by atoms with Crippen LogP contribution >= 0.6 is 11.6 Å². The number of hydrogen-bond acceptors (Lipinski definition) is 4. The van der Waals surface area contributed by atoms with Crippen LogP contribution in [0.3, 0.4) is 0 Å². The number of hydrogen-bond donors (Lipinski definition) is 0. The van der Waals surface area contributed by atoms with Crippen LogP contribution in [0.2, 0.25) is 0 Å². The molecule has 0 aromatic heterocycles. The Bertz CT molecular complexity index is 304. The van der Waals surface area contributed by atoms with Gasteiger partial charge in [0.1, 0.15) is 6.54 Å². The lowest BCUT2D eigenvalue weighted by Crippen LogP contribution is -2.36. The zero-order chi connectivity index (χ0) is 12.1. The Morgan fingerprint density at radius 3 is 2.47 bits per heavy atom. The quantitative estimate of drug-likeness (QED) is 0.507. The van der Waals surface area contributed by atoms with Crippen LogP contribution in [0.5, 0.6) is 0 Å². The van der Waals surface area contributed by atoms with Crippen molar-refractivity contribution in [2.45, 2.75) is 6.92 Å². The summed E-state index contributed by atoms with van der Waals surface area (Å²) in [6.07, 6.45) is 0. The first-order chi connectivity index (χ1) is 6.83. The van der Waals surface area contributed by atoms with Gasteiger partial charge in [-0.2, -0.15) is 4.31 Å². The molecule has 0 heterocycles. The third kappa shape index (κ3) is 5.34. The molecular weight excluding hydrogens is 242 g/mol. The van der Waals surface area contributed by atoms with Crippen molar-refractivity contribution in [3.05, 3.63) is 0 Å². The zero-order valence-electron chi connectivity index (χ0n) is 9.07. The molecule has 0 saturated heterocycles. The number of rotatable bonds is 6. The molecule has 0 aromatic carbocycles. The van der Waals surface area contributed by atoms with Gasteiger partial charge in [-0.05, 0) is 5.92 Å². The molecular formula is C8H16ClNO4S. The molecule has 0 rings (SSSR count). The molecule has 0 aromatic rings. The summed E-state index contributed by atoms with van der Waals surface area (Å²) in [5, 5.41) is 0. The van der Waals surface area contributed by atoms with Crippen molar-refractivity contribution in [1.82, 2.24) is 4.31 Å². The maximum Gasteiger partial charge on any atom is 0.320 e. The Kier molecular flexibility index (Phi) is 6.16. The lowest BCUT2D eigenvalue weighted by atomic mass is 10.3. The van der Waals surface area contributed by atoms with Gasteiger partial charge in [-0.15, -0.1) is 11.6 Å². The smallest absolute Gasteiger partial charge is 0.320 e. The number of ether oxygens (including phenoxy) is 1. The van der Waals surface area contributed by atoms with Crippen LogP contribution in [0.15, 0.2) is 0 Å². The van der Waals surface area contributed by atoms with E-state index < -0.39 is 16.0 Å². The van der Waals surface area contributed by atoms with Crippen molar-refractivity contribution in [2.24, 2.45) is 5.92 Å². The van der Waals surface area contributed by atoms with E-state index in [0.29, 0.717) is 0 Å². The highest BCUT2D eigenvalue weighted by atomic mass is 35.5. The third-order valence-corrected chi connectivity index (χ3v) is 4.41. The second-order valence-corrected chi connectivity index (χ2v) is 5.80. The van der Waals surface area contributed by atoms with Gasteiger partial charge in [0, 0.05) is 12.9 Å². The van der Waals surface area contributed by atoms with Crippen LogP contribution in [-0.4, -0.2) is 51.0 Å². The summed E-state index contributed by atoms with van der Waals surface area (Å²) in [6, 6.07) is 0. The number of esters is 1. The Hall–Kier alpha value is -0.330. The maximum absolute atomic E-state index is 11.6. The van der Waals surface area contributed by atoms with Crippen LogP contribution < -0.4 is 0 Å². The molecule has 0 bridgehead atoms. The first-order valence-electron chi connectivity index (χ1n) is 4.40. The number of carbonyl (C=O) groups is 1. The number of carbonyl (C=O) groups excluding carboxylic acids is 1. The average Bonchev–Trinajstić information content (AvgIpc) is 2.16. The zero-order valence-corrected chi connectivity index (χ0v) is 10.6. The Morgan fingerprint density at radius 2 is 2.07 bits per heavy atom. The molecule has 0 aliphatic heterocycles. The highest BCUT2D eigenvalue weighted by Crippen LogP contribution is 2.07. The molecule has 1 unspecified atom stereocenters. The third-order valence-electron chi connectivity index (χ3n) is 1.81. The molecule has 0 aliphatic carbocycles. The molecule has 1 atom stereocenters. The van der Waals surface area contributed by atoms with Gasteiger partial charge in [-0.1, -0.05) is 6.92 Å². The fourth-order valence-corrected chi connectivity index (χ4v) is 2.51. The number of sulfonamides is 1. The minimum atomic E-state index is -3.43. The van der Waals surface area contributed by atoms with E-state index in [9.17, 15) is 13.2 Å². The summed E-state index contributed by atoms with van der Waals surface area (Å²) in [4.78, 5) is 10.9. The first kappa shape index (κ1) is 14.7. The summed E-state index contributed by atoms with van der Waals surface area (Å²) in [7, 11) is -0.876. The van der Waals surface area contributed by atoms with Crippen LogP contribution in [-0.2, 0) is 19.6 Å². The van der Waals surface area contributed by atoms with E-state index in [1.807, 2.05) is 0 Å². The van der Waals surface area contributed by atoms with Gasteiger partial charge in [0.15, 0.2) is 0 Å². The Morgan fingerprint density at radius 1 is 1.53 bits per heavy atom. The van der Waals surface area contributed by atoms with E-state index in [0.717, 1.165) is 4.31 Å².